The van der Waals surface area contributed by atoms with E-state index < -0.39 is 18.0 Å². The largest absolute Gasteiger partial charge is 0.497 e. The van der Waals surface area contributed by atoms with Crippen molar-refractivity contribution in [1.82, 2.24) is 10.1 Å². The summed E-state index contributed by atoms with van der Waals surface area (Å²) in [5, 5.41) is 14.2. The van der Waals surface area contributed by atoms with E-state index in [0.717, 1.165) is 16.2 Å². The van der Waals surface area contributed by atoms with Gasteiger partial charge in [0.15, 0.2) is 5.76 Å². The molecule has 2 amide bonds. The highest BCUT2D eigenvalue weighted by Gasteiger charge is 2.40. The van der Waals surface area contributed by atoms with Crippen LogP contribution in [0.15, 0.2) is 53.1 Å². The Bertz CT molecular complexity index is 1140. The summed E-state index contributed by atoms with van der Waals surface area (Å²) < 4.78 is 10.6. The minimum Gasteiger partial charge on any atom is -0.497 e. The predicted octanol–water partition coefficient (Wildman–Crippen LogP) is 4.92. The van der Waals surface area contributed by atoms with Gasteiger partial charge in [0, 0.05) is 13.1 Å². The highest BCUT2D eigenvalue weighted by molar-refractivity contribution is 6.34. The van der Waals surface area contributed by atoms with Crippen LogP contribution in [0, 0.1) is 6.92 Å². The van der Waals surface area contributed by atoms with Gasteiger partial charge in [0.05, 0.1) is 23.7 Å². The lowest BCUT2D eigenvalue weighted by atomic mass is 9.99. The van der Waals surface area contributed by atoms with Crippen LogP contribution in [0.1, 0.15) is 39.8 Å². The number of imide groups is 1. The fourth-order valence-electron chi connectivity index (χ4n) is 4.00. The van der Waals surface area contributed by atoms with Gasteiger partial charge in [0.1, 0.15) is 17.1 Å². The second kappa shape index (κ2) is 8.92. The van der Waals surface area contributed by atoms with Crippen molar-refractivity contribution in [3.8, 4) is 5.75 Å². The van der Waals surface area contributed by atoms with E-state index in [1.807, 2.05) is 24.3 Å². The van der Waals surface area contributed by atoms with E-state index in [9.17, 15) is 14.7 Å². The maximum atomic E-state index is 13.1. The van der Waals surface area contributed by atoms with Crippen LogP contribution in [0.5, 0.6) is 5.75 Å². The lowest BCUT2D eigenvalue weighted by Gasteiger charge is -2.36. The summed E-state index contributed by atoms with van der Waals surface area (Å²) in [6.07, 6.45) is -0.993. The molecule has 166 valence electrons. The van der Waals surface area contributed by atoms with Crippen molar-refractivity contribution in [3.05, 3.63) is 76.1 Å². The first kappa shape index (κ1) is 21.7. The van der Waals surface area contributed by atoms with Crippen LogP contribution in [-0.2, 0) is 6.54 Å². The average molecular weight is 456 g/mol. The van der Waals surface area contributed by atoms with Gasteiger partial charge >= 0.3 is 6.09 Å². The molecular formula is C23H22ClN3O5. The SMILES string of the molecule is COc1ccc(CN2CCC(N(C(=O)O)C(=O)c3ccccc3Cl)c3noc(C)c32)cc1. The number of nitrogens with zero attached hydrogens (tertiary/aromatic N) is 3. The normalized spacial score (nSPS) is 15.2. The van der Waals surface area contributed by atoms with Gasteiger partial charge in [0.2, 0.25) is 0 Å². The first-order valence-electron chi connectivity index (χ1n) is 10.1. The number of halogens is 1. The van der Waals surface area contributed by atoms with Crippen molar-refractivity contribution in [1.29, 1.82) is 0 Å². The minimum absolute atomic E-state index is 0.124. The summed E-state index contributed by atoms with van der Waals surface area (Å²) in [4.78, 5) is 28.2. The number of rotatable bonds is 5. The molecule has 1 aliphatic rings. The van der Waals surface area contributed by atoms with E-state index in [0.29, 0.717) is 36.7 Å². The molecule has 9 heteroatoms. The molecule has 2 heterocycles. The number of methoxy groups -OCH3 is 1. The fraction of sp³-hybridized carbons (Fsp3) is 0.261. The Balaban J connectivity index is 1.66. The van der Waals surface area contributed by atoms with Crippen LogP contribution in [0.3, 0.4) is 0 Å². The number of hydrogen-bond donors (Lipinski definition) is 1. The Labute approximate surface area is 189 Å². The zero-order valence-electron chi connectivity index (χ0n) is 17.6. The second-order valence-electron chi connectivity index (χ2n) is 7.48. The van der Waals surface area contributed by atoms with E-state index in [1.54, 1.807) is 32.2 Å². The third-order valence-electron chi connectivity index (χ3n) is 5.53. The molecule has 32 heavy (non-hydrogen) atoms. The summed E-state index contributed by atoms with van der Waals surface area (Å²) in [6.45, 7) is 2.87. The number of ether oxygens (including phenoxy) is 1. The molecule has 0 spiro atoms. The Morgan fingerprint density at radius 3 is 2.62 bits per heavy atom. The van der Waals surface area contributed by atoms with Crippen LogP contribution < -0.4 is 9.64 Å². The summed E-state index contributed by atoms with van der Waals surface area (Å²) in [6, 6.07) is 13.3. The molecule has 0 saturated heterocycles. The zero-order chi connectivity index (χ0) is 22.8. The monoisotopic (exact) mass is 455 g/mol. The Hall–Kier alpha value is -3.52. The lowest BCUT2D eigenvalue weighted by molar-refractivity contribution is 0.0645. The van der Waals surface area contributed by atoms with Gasteiger partial charge < -0.3 is 19.3 Å². The number of carbonyl (C=O) groups excluding carboxylic acids is 1. The highest BCUT2D eigenvalue weighted by Crippen LogP contribution is 2.40. The maximum Gasteiger partial charge on any atom is 0.414 e. The van der Waals surface area contributed by atoms with Gasteiger partial charge in [-0.2, -0.15) is 0 Å². The molecule has 8 nitrogen and oxygen atoms in total. The molecule has 0 aliphatic carbocycles. The fourth-order valence-corrected chi connectivity index (χ4v) is 4.22. The number of carboxylic acid groups (broad SMARTS) is 1. The molecule has 0 fully saturated rings. The summed E-state index contributed by atoms with van der Waals surface area (Å²) in [5.41, 5.74) is 2.30. The van der Waals surface area contributed by atoms with Crippen LogP contribution in [0.2, 0.25) is 5.02 Å². The van der Waals surface area contributed by atoms with Crippen molar-refractivity contribution < 1.29 is 24.0 Å². The van der Waals surface area contributed by atoms with Crippen LogP contribution in [0.25, 0.3) is 0 Å². The Morgan fingerprint density at radius 1 is 1.25 bits per heavy atom. The lowest BCUT2D eigenvalue weighted by Crippen LogP contribution is -2.43. The molecule has 1 N–H and O–H groups in total. The number of aryl methyl sites for hydroxylation is 1. The van der Waals surface area contributed by atoms with E-state index in [4.69, 9.17) is 20.9 Å². The van der Waals surface area contributed by atoms with Gasteiger partial charge in [0.25, 0.3) is 5.91 Å². The molecule has 1 aliphatic heterocycles. The Kier molecular flexibility index (Phi) is 6.05. The number of anilines is 1. The van der Waals surface area contributed by atoms with E-state index >= 15 is 0 Å². The third kappa shape index (κ3) is 4.01. The van der Waals surface area contributed by atoms with Crippen LogP contribution in [-0.4, -0.2) is 40.8 Å². The number of benzene rings is 2. The van der Waals surface area contributed by atoms with Crippen LogP contribution >= 0.6 is 11.6 Å². The van der Waals surface area contributed by atoms with Gasteiger partial charge in [-0.15, -0.1) is 0 Å². The van der Waals surface area contributed by atoms with Gasteiger partial charge in [-0.1, -0.05) is 41.0 Å². The standard InChI is InChI=1S/C23H22ClN3O5/c1-14-21-20(25-32-14)19(11-12-26(21)13-15-7-9-16(31-2)10-8-15)27(23(29)30)22(28)17-5-3-4-6-18(17)24/h3-10,19H,11-13H2,1-2H3,(H,29,30). The predicted molar refractivity (Wildman–Crippen MR) is 118 cm³/mol. The quantitative estimate of drug-likeness (QED) is 0.583. The topological polar surface area (TPSA) is 96.1 Å². The summed E-state index contributed by atoms with van der Waals surface area (Å²) >= 11 is 6.15. The van der Waals surface area contributed by atoms with Gasteiger partial charge in [-0.05, 0) is 43.2 Å². The maximum absolute atomic E-state index is 13.1. The average Bonchev–Trinajstić information content (AvgIpc) is 3.18. The summed E-state index contributed by atoms with van der Waals surface area (Å²) in [5.74, 6) is 0.640. The van der Waals surface area contributed by atoms with Crippen molar-refractivity contribution in [3.63, 3.8) is 0 Å². The van der Waals surface area contributed by atoms with E-state index in [2.05, 4.69) is 10.1 Å². The van der Waals surface area contributed by atoms with Crippen molar-refractivity contribution >= 4 is 29.3 Å². The number of amides is 2. The third-order valence-corrected chi connectivity index (χ3v) is 5.86. The minimum atomic E-state index is -1.37. The van der Waals surface area contributed by atoms with Crippen molar-refractivity contribution in [2.24, 2.45) is 0 Å². The molecule has 0 bridgehead atoms. The molecule has 4 rings (SSSR count). The molecule has 0 saturated carbocycles. The Morgan fingerprint density at radius 2 is 1.97 bits per heavy atom. The van der Waals surface area contributed by atoms with Crippen molar-refractivity contribution in [2.75, 3.05) is 18.6 Å². The molecule has 2 aromatic carbocycles. The molecular weight excluding hydrogens is 434 g/mol. The number of aromatic nitrogens is 1. The van der Waals surface area contributed by atoms with Gasteiger partial charge in [-0.25, -0.2) is 9.69 Å². The molecule has 0 radical (unpaired) electrons. The van der Waals surface area contributed by atoms with Crippen molar-refractivity contribution in [2.45, 2.75) is 25.9 Å². The van der Waals surface area contributed by atoms with Crippen LogP contribution in [0.4, 0.5) is 10.5 Å². The number of fused-ring (bicyclic) bond motifs is 1. The highest BCUT2D eigenvalue weighted by atomic mass is 35.5. The first-order chi connectivity index (χ1) is 15.4. The summed E-state index contributed by atoms with van der Waals surface area (Å²) in [7, 11) is 1.62. The smallest absolute Gasteiger partial charge is 0.414 e. The van der Waals surface area contributed by atoms with E-state index in [-0.39, 0.29) is 10.6 Å². The first-order valence-corrected chi connectivity index (χ1v) is 10.4. The molecule has 3 aromatic rings. The van der Waals surface area contributed by atoms with E-state index in [1.165, 1.54) is 6.07 Å². The number of hydrogen-bond acceptors (Lipinski definition) is 6. The molecule has 1 atom stereocenters. The zero-order valence-corrected chi connectivity index (χ0v) is 18.4. The molecule has 1 unspecified atom stereocenters. The second-order valence-corrected chi connectivity index (χ2v) is 7.89. The van der Waals surface area contributed by atoms with Gasteiger partial charge in [-0.3, -0.25) is 4.79 Å². The number of carbonyl (C=O) groups is 2. The molecule has 1 aromatic heterocycles.